The molecule has 1 amide bonds. The van der Waals surface area contributed by atoms with Crippen molar-refractivity contribution < 1.29 is 13.2 Å². The van der Waals surface area contributed by atoms with Gasteiger partial charge in [0.25, 0.3) is 10.0 Å². The van der Waals surface area contributed by atoms with Gasteiger partial charge in [0.15, 0.2) is 0 Å². The van der Waals surface area contributed by atoms with Crippen molar-refractivity contribution in [2.45, 2.75) is 31.6 Å². The van der Waals surface area contributed by atoms with Crippen LogP contribution in [-0.4, -0.2) is 20.9 Å². The van der Waals surface area contributed by atoms with Crippen LogP contribution in [0.5, 0.6) is 0 Å². The molecule has 0 saturated heterocycles. The number of carbonyl (C=O) groups is 1. The van der Waals surface area contributed by atoms with Gasteiger partial charge in [-0.1, -0.05) is 67.4 Å². The van der Waals surface area contributed by atoms with Crippen LogP contribution in [0.15, 0.2) is 77.7 Å². The number of aryl methyl sites for hydroxylation is 1. The van der Waals surface area contributed by atoms with Gasteiger partial charge in [0, 0.05) is 5.69 Å². The highest BCUT2D eigenvalue weighted by Gasteiger charge is 2.28. The molecule has 7 heteroatoms. The Kier molecular flexibility index (Phi) is 7.03. The molecular weight excluding hydrogens is 432 g/mol. The molecule has 162 valence electrons. The maximum Gasteiger partial charge on any atom is 0.264 e. The van der Waals surface area contributed by atoms with Gasteiger partial charge >= 0.3 is 0 Å². The molecule has 0 aliphatic carbocycles. The van der Waals surface area contributed by atoms with Crippen molar-refractivity contribution in [3.63, 3.8) is 0 Å². The minimum atomic E-state index is -4.01. The van der Waals surface area contributed by atoms with Crippen LogP contribution >= 0.6 is 11.6 Å². The second-order valence-corrected chi connectivity index (χ2v) is 9.87. The molecule has 3 aromatic rings. The quantitative estimate of drug-likeness (QED) is 0.502. The fraction of sp³-hybridized carbons (Fsp3) is 0.208. The number of anilines is 2. The summed E-state index contributed by atoms with van der Waals surface area (Å²) in [7, 11) is -4.01. The van der Waals surface area contributed by atoms with E-state index in [2.05, 4.69) is 19.2 Å². The fourth-order valence-corrected chi connectivity index (χ4v) is 4.80. The standard InChI is InChI=1S/C24H25ClN2O3S/c1-17(2)19-10-12-20(13-11-19)26-24(28)16-27(23-7-5-4-6-22(23)25)31(29,30)21-14-8-18(3)9-15-21/h4-15,17H,16H2,1-3H3,(H,26,28). The highest BCUT2D eigenvalue weighted by Crippen LogP contribution is 2.30. The molecule has 0 spiro atoms. The number of hydrogen-bond donors (Lipinski definition) is 1. The molecule has 31 heavy (non-hydrogen) atoms. The molecule has 5 nitrogen and oxygen atoms in total. The number of para-hydroxylation sites is 1. The van der Waals surface area contributed by atoms with E-state index in [0.717, 1.165) is 15.4 Å². The Balaban J connectivity index is 1.91. The lowest BCUT2D eigenvalue weighted by Gasteiger charge is -2.25. The van der Waals surface area contributed by atoms with E-state index < -0.39 is 22.5 Å². The summed E-state index contributed by atoms with van der Waals surface area (Å²) in [5.74, 6) is -0.0898. The molecule has 3 rings (SSSR count). The molecule has 0 atom stereocenters. The minimum Gasteiger partial charge on any atom is -0.325 e. The number of rotatable bonds is 7. The summed E-state index contributed by atoms with van der Waals surface area (Å²) in [6.07, 6.45) is 0. The predicted octanol–water partition coefficient (Wildman–Crippen LogP) is 5.61. The van der Waals surface area contributed by atoms with Crippen LogP contribution in [0.2, 0.25) is 5.02 Å². The Labute approximate surface area is 188 Å². The van der Waals surface area contributed by atoms with Gasteiger partial charge in [-0.3, -0.25) is 9.10 Å². The number of nitrogens with one attached hydrogen (secondary N) is 1. The number of carbonyl (C=O) groups excluding carboxylic acids is 1. The molecule has 0 bridgehead atoms. The van der Waals surface area contributed by atoms with Crippen molar-refractivity contribution in [3.8, 4) is 0 Å². The van der Waals surface area contributed by atoms with Crippen molar-refractivity contribution in [2.75, 3.05) is 16.2 Å². The van der Waals surface area contributed by atoms with Crippen molar-refractivity contribution in [3.05, 3.63) is 88.9 Å². The molecular formula is C24H25ClN2O3S. The molecule has 0 heterocycles. The molecule has 0 aliphatic rings. The Bertz CT molecular complexity index is 1160. The van der Waals surface area contributed by atoms with E-state index in [4.69, 9.17) is 11.6 Å². The SMILES string of the molecule is Cc1ccc(S(=O)(=O)N(CC(=O)Nc2ccc(C(C)C)cc2)c2ccccc2Cl)cc1. The van der Waals surface area contributed by atoms with Crippen LogP contribution in [0.25, 0.3) is 0 Å². The summed E-state index contributed by atoms with van der Waals surface area (Å²) < 4.78 is 27.8. The molecule has 0 fully saturated rings. The van der Waals surface area contributed by atoms with E-state index in [9.17, 15) is 13.2 Å². The summed E-state index contributed by atoms with van der Waals surface area (Å²) in [5.41, 5.74) is 2.93. The highest BCUT2D eigenvalue weighted by atomic mass is 35.5. The number of halogens is 1. The lowest BCUT2D eigenvalue weighted by atomic mass is 10.0. The first-order valence-electron chi connectivity index (χ1n) is 9.92. The molecule has 0 saturated carbocycles. The molecule has 0 aliphatic heterocycles. The van der Waals surface area contributed by atoms with Crippen molar-refractivity contribution in [1.29, 1.82) is 0 Å². The Morgan fingerprint density at radius 1 is 0.968 bits per heavy atom. The number of nitrogens with zero attached hydrogens (tertiary/aromatic N) is 1. The van der Waals surface area contributed by atoms with E-state index in [1.54, 1.807) is 36.4 Å². The van der Waals surface area contributed by atoms with Crippen molar-refractivity contribution >= 4 is 38.9 Å². The molecule has 0 unspecified atom stereocenters. The predicted molar refractivity (Wildman–Crippen MR) is 126 cm³/mol. The van der Waals surface area contributed by atoms with Gasteiger partial charge in [-0.25, -0.2) is 8.42 Å². The molecule has 0 aromatic heterocycles. The van der Waals surface area contributed by atoms with Crippen LogP contribution in [0.1, 0.15) is 30.9 Å². The molecule has 3 aromatic carbocycles. The summed E-state index contributed by atoms with van der Waals surface area (Å²) in [4.78, 5) is 12.9. The smallest absolute Gasteiger partial charge is 0.264 e. The van der Waals surface area contributed by atoms with E-state index in [0.29, 0.717) is 11.6 Å². The highest BCUT2D eigenvalue weighted by molar-refractivity contribution is 7.92. The third-order valence-corrected chi connectivity index (χ3v) is 6.97. The summed E-state index contributed by atoms with van der Waals surface area (Å²) in [6.45, 7) is 5.64. The lowest BCUT2D eigenvalue weighted by molar-refractivity contribution is -0.114. The largest absolute Gasteiger partial charge is 0.325 e. The summed E-state index contributed by atoms with van der Waals surface area (Å²) >= 11 is 6.29. The van der Waals surface area contributed by atoms with Crippen LogP contribution in [0, 0.1) is 6.92 Å². The van der Waals surface area contributed by atoms with Gasteiger partial charge in [-0.15, -0.1) is 0 Å². The number of hydrogen-bond acceptors (Lipinski definition) is 3. The third kappa shape index (κ3) is 5.46. The Morgan fingerprint density at radius 3 is 2.16 bits per heavy atom. The second-order valence-electron chi connectivity index (χ2n) is 7.60. The first-order valence-corrected chi connectivity index (χ1v) is 11.7. The molecule has 1 N–H and O–H groups in total. The molecule has 0 radical (unpaired) electrons. The van der Waals surface area contributed by atoms with Gasteiger partial charge in [0.1, 0.15) is 6.54 Å². The van der Waals surface area contributed by atoms with Gasteiger partial charge in [-0.2, -0.15) is 0 Å². The van der Waals surface area contributed by atoms with Crippen molar-refractivity contribution in [1.82, 2.24) is 0 Å². The zero-order valence-corrected chi connectivity index (χ0v) is 19.2. The maximum atomic E-state index is 13.4. The maximum absolute atomic E-state index is 13.4. The summed E-state index contributed by atoms with van der Waals surface area (Å²) in [6, 6.07) is 20.5. The second kappa shape index (κ2) is 9.54. The third-order valence-electron chi connectivity index (χ3n) is 4.88. The van der Waals surface area contributed by atoms with E-state index in [1.165, 1.54) is 12.1 Å². The summed E-state index contributed by atoms with van der Waals surface area (Å²) in [5, 5.41) is 3.02. The topological polar surface area (TPSA) is 66.5 Å². The lowest BCUT2D eigenvalue weighted by Crippen LogP contribution is -2.38. The van der Waals surface area contributed by atoms with Crippen LogP contribution in [0.4, 0.5) is 11.4 Å². The monoisotopic (exact) mass is 456 g/mol. The van der Waals surface area contributed by atoms with Gasteiger partial charge in [0.2, 0.25) is 5.91 Å². The van der Waals surface area contributed by atoms with E-state index in [1.807, 2.05) is 31.2 Å². The first kappa shape index (κ1) is 22.8. The Hall–Kier alpha value is -2.83. The first-order chi connectivity index (χ1) is 14.7. The minimum absolute atomic E-state index is 0.0899. The fourth-order valence-electron chi connectivity index (χ4n) is 3.07. The zero-order valence-electron chi connectivity index (χ0n) is 17.7. The van der Waals surface area contributed by atoms with E-state index in [-0.39, 0.29) is 15.6 Å². The van der Waals surface area contributed by atoms with Crippen molar-refractivity contribution in [2.24, 2.45) is 0 Å². The van der Waals surface area contributed by atoms with Crippen LogP contribution < -0.4 is 9.62 Å². The average Bonchev–Trinajstić information content (AvgIpc) is 2.73. The van der Waals surface area contributed by atoms with E-state index >= 15 is 0 Å². The average molecular weight is 457 g/mol. The zero-order chi connectivity index (χ0) is 22.6. The number of amides is 1. The van der Waals surface area contributed by atoms with Gasteiger partial charge in [0.05, 0.1) is 15.6 Å². The van der Waals surface area contributed by atoms with Gasteiger partial charge < -0.3 is 5.32 Å². The number of benzene rings is 3. The van der Waals surface area contributed by atoms with Gasteiger partial charge in [-0.05, 0) is 54.8 Å². The van der Waals surface area contributed by atoms with Crippen LogP contribution in [0.3, 0.4) is 0 Å². The normalized spacial score (nSPS) is 11.4. The Morgan fingerprint density at radius 2 is 1.58 bits per heavy atom. The van der Waals surface area contributed by atoms with Crippen LogP contribution in [-0.2, 0) is 14.8 Å². The number of sulfonamides is 1.